The topological polar surface area (TPSA) is 21.1 Å². The van der Waals surface area contributed by atoms with Crippen molar-refractivity contribution in [3.63, 3.8) is 0 Å². The van der Waals surface area contributed by atoms with Gasteiger partial charge in [0, 0.05) is 44.6 Å². The van der Waals surface area contributed by atoms with Crippen LogP contribution in [0.3, 0.4) is 0 Å². The molecule has 0 aliphatic carbocycles. The summed E-state index contributed by atoms with van der Waals surface area (Å²) in [6.45, 7) is 1.77. The summed E-state index contributed by atoms with van der Waals surface area (Å²) in [4.78, 5) is 6.82. The first kappa shape index (κ1) is 16.3. The maximum absolute atomic E-state index is 13.4. The zero-order chi connectivity index (χ0) is 17.4. The van der Waals surface area contributed by atoms with E-state index in [0.717, 1.165) is 30.8 Å². The smallest absolute Gasteiger partial charge is 0.137 e. The van der Waals surface area contributed by atoms with Gasteiger partial charge in [0.25, 0.3) is 0 Å². The van der Waals surface area contributed by atoms with E-state index in [1.807, 2.05) is 24.5 Å². The number of aromatic nitrogens is 2. The molecule has 4 rings (SSSR count). The largest absolute Gasteiger partial charge is 0.374 e. The summed E-state index contributed by atoms with van der Waals surface area (Å²) in [7, 11) is 2.14. The Morgan fingerprint density at radius 3 is 2.84 bits per heavy atom. The Labute approximate surface area is 155 Å². The summed E-state index contributed by atoms with van der Waals surface area (Å²) in [5.74, 6) is 0.782. The van der Waals surface area contributed by atoms with Gasteiger partial charge < -0.3 is 9.47 Å². The van der Waals surface area contributed by atoms with E-state index in [-0.39, 0.29) is 5.82 Å². The number of hydrogen-bond donors (Lipinski definition) is 0. The molecule has 0 amide bonds. The zero-order valence-electron chi connectivity index (χ0n) is 14.0. The van der Waals surface area contributed by atoms with Crippen molar-refractivity contribution in [2.24, 2.45) is 0 Å². The second kappa shape index (κ2) is 6.64. The van der Waals surface area contributed by atoms with Crippen LogP contribution in [0.1, 0.15) is 22.5 Å². The van der Waals surface area contributed by atoms with Crippen LogP contribution in [0.2, 0.25) is 0 Å². The molecular formula is C20H19BrFN3. The van der Waals surface area contributed by atoms with Gasteiger partial charge in [0.05, 0.1) is 4.47 Å². The standard InChI is InChI=1S/C20H19BrFN3/c1-24-8-6-16-10-14(3-5-19(16)24)12-20-23-7-9-25(20)13-15-2-4-18(22)17(21)11-15/h2-5,7,9-11H,6,8,12-13H2,1H3. The Bertz CT molecular complexity index is 919. The molecule has 0 fully saturated rings. The highest BCUT2D eigenvalue weighted by Crippen LogP contribution is 2.28. The van der Waals surface area contributed by atoms with Crippen LogP contribution in [0.4, 0.5) is 10.1 Å². The average Bonchev–Trinajstić information content (AvgIpc) is 3.18. The van der Waals surface area contributed by atoms with Gasteiger partial charge in [-0.05, 0) is 57.2 Å². The van der Waals surface area contributed by atoms with Gasteiger partial charge in [-0.25, -0.2) is 9.37 Å². The first-order chi connectivity index (χ1) is 12.1. The molecule has 2 heterocycles. The minimum atomic E-state index is -0.238. The molecule has 0 atom stereocenters. The van der Waals surface area contributed by atoms with Crippen molar-refractivity contribution in [3.05, 3.63) is 81.6 Å². The maximum atomic E-state index is 13.4. The van der Waals surface area contributed by atoms with Crippen molar-refractivity contribution in [2.45, 2.75) is 19.4 Å². The molecule has 25 heavy (non-hydrogen) atoms. The Balaban J connectivity index is 1.55. The summed E-state index contributed by atoms with van der Waals surface area (Å²) in [5, 5.41) is 0. The number of fused-ring (bicyclic) bond motifs is 1. The van der Waals surface area contributed by atoms with Gasteiger partial charge in [0.2, 0.25) is 0 Å². The second-order valence-electron chi connectivity index (χ2n) is 6.53. The van der Waals surface area contributed by atoms with Gasteiger partial charge in [0.1, 0.15) is 11.6 Å². The summed E-state index contributed by atoms with van der Waals surface area (Å²) >= 11 is 3.25. The normalized spacial score (nSPS) is 13.3. The molecule has 1 aromatic heterocycles. The molecule has 0 radical (unpaired) electrons. The third-order valence-electron chi connectivity index (χ3n) is 4.77. The van der Waals surface area contributed by atoms with E-state index in [4.69, 9.17) is 0 Å². The highest BCUT2D eigenvalue weighted by atomic mass is 79.9. The maximum Gasteiger partial charge on any atom is 0.137 e. The summed E-state index contributed by atoms with van der Waals surface area (Å²) in [5.41, 5.74) is 5.08. The SMILES string of the molecule is CN1CCc2cc(Cc3nccn3Cc3ccc(F)c(Br)c3)ccc21. The number of halogens is 2. The molecule has 5 heteroatoms. The molecule has 3 aromatic rings. The number of imidazole rings is 1. The lowest BCUT2D eigenvalue weighted by atomic mass is 10.1. The fourth-order valence-corrected chi connectivity index (χ4v) is 3.82. The summed E-state index contributed by atoms with van der Waals surface area (Å²) < 4.78 is 16.0. The average molecular weight is 400 g/mol. The van der Waals surface area contributed by atoms with Crippen LogP contribution < -0.4 is 4.90 Å². The van der Waals surface area contributed by atoms with Crippen molar-refractivity contribution in [2.75, 3.05) is 18.5 Å². The van der Waals surface area contributed by atoms with Crippen LogP contribution >= 0.6 is 15.9 Å². The number of benzene rings is 2. The van der Waals surface area contributed by atoms with Gasteiger partial charge in [-0.1, -0.05) is 18.2 Å². The molecule has 0 unspecified atom stereocenters. The van der Waals surface area contributed by atoms with Crippen molar-refractivity contribution >= 4 is 21.6 Å². The second-order valence-corrected chi connectivity index (χ2v) is 7.39. The number of likely N-dealkylation sites (N-methyl/N-ethyl adjacent to an activating group) is 1. The predicted molar refractivity (Wildman–Crippen MR) is 102 cm³/mol. The van der Waals surface area contributed by atoms with Crippen LogP contribution in [0, 0.1) is 5.82 Å². The lowest BCUT2D eigenvalue weighted by Gasteiger charge is -2.13. The zero-order valence-corrected chi connectivity index (χ0v) is 15.6. The molecule has 0 saturated carbocycles. The highest BCUT2D eigenvalue weighted by molar-refractivity contribution is 9.10. The molecule has 0 spiro atoms. The van der Waals surface area contributed by atoms with Crippen molar-refractivity contribution < 1.29 is 4.39 Å². The molecule has 2 aromatic carbocycles. The van der Waals surface area contributed by atoms with E-state index in [2.05, 4.69) is 55.6 Å². The van der Waals surface area contributed by atoms with E-state index in [1.165, 1.54) is 22.9 Å². The summed E-state index contributed by atoms with van der Waals surface area (Å²) in [6, 6.07) is 11.8. The molecule has 1 aliphatic heterocycles. The monoisotopic (exact) mass is 399 g/mol. The van der Waals surface area contributed by atoms with E-state index in [9.17, 15) is 4.39 Å². The molecule has 0 N–H and O–H groups in total. The first-order valence-corrected chi connectivity index (χ1v) is 9.16. The van der Waals surface area contributed by atoms with Gasteiger partial charge in [-0.15, -0.1) is 0 Å². The van der Waals surface area contributed by atoms with Gasteiger partial charge >= 0.3 is 0 Å². The molecule has 0 saturated heterocycles. The van der Waals surface area contributed by atoms with Crippen molar-refractivity contribution in [1.29, 1.82) is 0 Å². The lowest BCUT2D eigenvalue weighted by Crippen LogP contribution is -2.12. The lowest BCUT2D eigenvalue weighted by molar-refractivity contribution is 0.619. The molecule has 3 nitrogen and oxygen atoms in total. The van der Waals surface area contributed by atoms with Gasteiger partial charge in [-0.3, -0.25) is 0 Å². The number of hydrogen-bond acceptors (Lipinski definition) is 2. The highest BCUT2D eigenvalue weighted by Gasteiger charge is 2.16. The molecular weight excluding hydrogens is 381 g/mol. The first-order valence-electron chi connectivity index (χ1n) is 8.37. The van der Waals surface area contributed by atoms with Crippen molar-refractivity contribution in [3.8, 4) is 0 Å². The third-order valence-corrected chi connectivity index (χ3v) is 5.38. The number of anilines is 1. The Morgan fingerprint density at radius 2 is 2.00 bits per heavy atom. The van der Waals surface area contributed by atoms with E-state index in [0.29, 0.717) is 11.0 Å². The Kier molecular flexibility index (Phi) is 4.34. The quantitative estimate of drug-likeness (QED) is 0.647. The third kappa shape index (κ3) is 3.33. The molecule has 0 bridgehead atoms. The minimum Gasteiger partial charge on any atom is -0.374 e. The van der Waals surface area contributed by atoms with Crippen LogP contribution in [-0.2, 0) is 19.4 Å². The fraction of sp³-hybridized carbons (Fsp3) is 0.250. The predicted octanol–water partition coefficient (Wildman–Crippen LogP) is 4.42. The number of rotatable bonds is 4. The van der Waals surface area contributed by atoms with Crippen LogP contribution in [-0.4, -0.2) is 23.1 Å². The van der Waals surface area contributed by atoms with Gasteiger partial charge in [0.15, 0.2) is 0 Å². The number of nitrogens with zero attached hydrogens (tertiary/aromatic N) is 3. The Morgan fingerprint density at radius 1 is 1.16 bits per heavy atom. The fourth-order valence-electron chi connectivity index (χ4n) is 3.40. The van der Waals surface area contributed by atoms with Gasteiger partial charge in [-0.2, -0.15) is 0 Å². The van der Waals surface area contributed by atoms with Crippen LogP contribution in [0.5, 0.6) is 0 Å². The Hall–Kier alpha value is -2.14. The molecule has 1 aliphatic rings. The molecule has 128 valence electrons. The van der Waals surface area contributed by atoms with E-state index < -0.39 is 0 Å². The van der Waals surface area contributed by atoms with E-state index >= 15 is 0 Å². The van der Waals surface area contributed by atoms with E-state index in [1.54, 1.807) is 0 Å². The van der Waals surface area contributed by atoms with Crippen molar-refractivity contribution in [1.82, 2.24) is 9.55 Å². The minimum absolute atomic E-state index is 0.238. The summed E-state index contributed by atoms with van der Waals surface area (Å²) in [6.07, 6.45) is 5.72. The van der Waals surface area contributed by atoms with Crippen LogP contribution in [0.15, 0.2) is 53.3 Å². The van der Waals surface area contributed by atoms with Crippen LogP contribution in [0.25, 0.3) is 0 Å².